The van der Waals surface area contributed by atoms with Gasteiger partial charge in [-0.15, -0.1) is 0 Å². The first-order valence-corrected chi connectivity index (χ1v) is 11.6. The van der Waals surface area contributed by atoms with Gasteiger partial charge in [0.1, 0.15) is 0 Å². The molecule has 3 heterocycles. The number of aromatic nitrogens is 2. The van der Waals surface area contributed by atoms with E-state index >= 15 is 0 Å². The highest BCUT2D eigenvalue weighted by atomic mass is 16.2. The molecule has 1 fully saturated rings. The number of likely N-dealkylation sites (N-methyl/N-ethyl adjacent to an activating group) is 2. The smallest absolute Gasteiger partial charge is 0.331 e. The molecular weight excluding hydrogens is 376 g/mol. The van der Waals surface area contributed by atoms with E-state index in [1.54, 1.807) is 0 Å². The van der Waals surface area contributed by atoms with Crippen LogP contribution in [0, 0.1) is 0 Å². The van der Waals surface area contributed by atoms with Gasteiger partial charge in [0, 0.05) is 52.4 Å². The molecule has 2 aromatic rings. The lowest BCUT2D eigenvalue weighted by molar-refractivity contribution is 0.147. The Hall–Kier alpha value is -2.12. The van der Waals surface area contributed by atoms with Crippen molar-refractivity contribution in [2.45, 2.75) is 39.2 Å². The molecule has 0 aliphatic carbocycles. The number of carbonyl (C=O) groups excluding carboxylic acids is 1. The molecule has 1 aromatic heterocycles. The molecule has 164 valence electrons. The fraction of sp³-hybridized carbons (Fsp3) is 0.652. The van der Waals surface area contributed by atoms with Gasteiger partial charge in [-0.1, -0.05) is 25.5 Å². The summed E-state index contributed by atoms with van der Waals surface area (Å²) in [6, 6.07) is 8.37. The number of rotatable bonds is 7. The van der Waals surface area contributed by atoms with E-state index in [4.69, 9.17) is 4.98 Å². The molecule has 0 N–H and O–H groups in total. The normalized spacial score (nSPS) is 21.3. The van der Waals surface area contributed by atoms with Crippen LogP contribution in [0.4, 0.5) is 10.7 Å². The van der Waals surface area contributed by atoms with Gasteiger partial charge in [-0.2, -0.15) is 0 Å². The molecular formula is C23H36N6O. The van der Waals surface area contributed by atoms with Crippen molar-refractivity contribution in [2.24, 2.45) is 0 Å². The zero-order valence-corrected chi connectivity index (χ0v) is 18.8. The molecule has 1 saturated heterocycles. The van der Waals surface area contributed by atoms with E-state index in [1.165, 1.54) is 0 Å². The minimum absolute atomic E-state index is 0.0766. The van der Waals surface area contributed by atoms with Gasteiger partial charge in [0.05, 0.1) is 17.1 Å². The monoisotopic (exact) mass is 412 g/mol. The average molecular weight is 413 g/mol. The molecule has 1 amide bonds. The van der Waals surface area contributed by atoms with E-state index in [9.17, 15) is 4.79 Å². The number of amides is 1. The van der Waals surface area contributed by atoms with Crippen molar-refractivity contribution < 1.29 is 4.79 Å². The molecule has 4 rings (SSSR count). The van der Waals surface area contributed by atoms with E-state index in [1.807, 2.05) is 28.8 Å². The molecule has 0 spiro atoms. The second-order valence-electron chi connectivity index (χ2n) is 8.69. The van der Waals surface area contributed by atoms with E-state index in [-0.39, 0.29) is 12.1 Å². The molecule has 1 aromatic carbocycles. The molecule has 30 heavy (non-hydrogen) atoms. The third-order valence-corrected chi connectivity index (χ3v) is 6.63. The second-order valence-corrected chi connectivity index (χ2v) is 8.69. The number of piperazine rings is 1. The summed E-state index contributed by atoms with van der Waals surface area (Å²) in [6.45, 7) is 12.4. The van der Waals surface area contributed by atoms with Gasteiger partial charge in [0.15, 0.2) is 0 Å². The topological polar surface area (TPSA) is 47.9 Å². The number of fused-ring (bicyclic) bond motifs is 3. The fourth-order valence-electron chi connectivity index (χ4n) is 4.72. The number of para-hydroxylation sites is 2. The molecule has 7 nitrogen and oxygen atoms in total. The van der Waals surface area contributed by atoms with Crippen molar-refractivity contribution in [1.82, 2.24) is 24.3 Å². The first-order valence-electron chi connectivity index (χ1n) is 11.6. The summed E-state index contributed by atoms with van der Waals surface area (Å²) in [7, 11) is 2.20. The molecule has 0 bridgehead atoms. The quantitative estimate of drug-likeness (QED) is 0.700. The highest BCUT2D eigenvalue weighted by Crippen LogP contribution is 2.29. The Bertz CT molecular complexity index is 856. The molecule has 0 saturated carbocycles. The average Bonchev–Trinajstić information content (AvgIpc) is 3.09. The van der Waals surface area contributed by atoms with Crippen LogP contribution in [0.1, 0.15) is 33.1 Å². The van der Waals surface area contributed by atoms with Gasteiger partial charge in [0.25, 0.3) is 0 Å². The highest BCUT2D eigenvalue weighted by molar-refractivity contribution is 5.93. The Labute approximate surface area is 180 Å². The van der Waals surface area contributed by atoms with Crippen LogP contribution in [0.5, 0.6) is 0 Å². The Morgan fingerprint density at radius 2 is 1.83 bits per heavy atom. The van der Waals surface area contributed by atoms with Gasteiger partial charge in [-0.05, 0) is 38.9 Å². The molecule has 2 aliphatic heterocycles. The number of imidazole rings is 1. The van der Waals surface area contributed by atoms with Crippen LogP contribution in [0.3, 0.4) is 0 Å². The summed E-state index contributed by atoms with van der Waals surface area (Å²) in [5, 5.41) is 0. The minimum Gasteiger partial charge on any atom is -0.337 e. The maximum absolute atomic E-state index is 13.6. The first kappa shape index (κ1) is 21.1. The molecule has 7 heteroatoms. The van der Waals surface area contributed by atoms with Crippen LogP contribution in [0.2, 0.25) is 0 Å². The van der Waals surface area contributed by atoms with Crippen LogP contribution >= 0.6 is 0 Å². The van der Waals surface area contributed by atoms with E-state index in [0.717, 1.165) is 88.6 Å². The summed E-state index contributed by atoms with van der Waals surface area (Å²) in [6.07, 6.45) is 3.17. The summed E-state index contributed by atoms with van der Waals surface area (Å²) in [5.74, 6) is 0.811. The van der Waals surface area contributed by atoms with Gasteiger partial charge >= 0.3 is 6.03 Å². The Balaban J connectivity index is 1.63. The van der Waals surface area contributed by atoms with Crippen molar-refractivity contribution in [1.29, 1.82) is 0 Å². The molecule has 0 radical (unpaired) electrons. The molecule has 1 unspecified atom stereocenters. The lowest BCUT2D eigenvalue weighted by Gasteiger charge is -2.36. The number of anilines is 1. The Morgan fingerprint density at radius 1 is 1.07 bits per heavy atom. The van der Waals surface area contributed by atoms with Crippen LogP contribution < -0.4 is 4.90 Å². The van der Waals surface area contributed by atoms with Crippen LogP contribution in [0.25, 0.3) is 11.0 Å². The number of hydrogen-bond donors (Lipinski definition) is 0. The maximum atomic E-state index is 13.6. The van der Waals surface area contributed by atoms with Crippen LogP contribution in [-0.2, 0) is 0 Å². The maximum Gasteiger partial charge on any atom is 0.331 e. The predicted octanol–water partition coefficient (Wildman–Crippen LogP) is 2.95. The number of carbonyl (C=O) groups is 1. The SMILES string of the molecule is CCCCN1CC(CCN2CCN(C)CC2)N(CC)c2nc3ccccc3n2C1=O. The van der Waals surface area contributed by atoms with Gasteiger partial charge in [-0.3, -0.25) is 0 Å². The lowest BCUT2D eigenvalue weighted by atomic mass is 10.1. The van der Waals surface area contributed by atoms with E-state index < -0.39 is 0 Å². The van der Waals surface area contributed by atoms with Crippen molar-refractivity contribution in [3.63, 3.8) is 0 Å². The summed E-state index contributed by atoms with van der Waals surface area (Å²) in [4.78, 5) is 27.9. The summed E-state index contributed by atoms with van der Waals surface area (Å²) < 4.78 is 1.85. The van der Waals surface area contributed by atoms with Crippen molar-refractivity contribution >= 4 is 23.0 Å². The minimum atomic E-state index is 0.0766. The second kappa shape index (κ2) is 9.35. The van der Waals surface area contributed by atoms with Crippen LogP contribution in [0.15, 0.2) is 24.3 Å². The number of unbranched alkanes of at least 4 members (excludes halogenated alkanes) is 1. The van der Waals surface area contributed by atoms with E-state index in [0.29, 0.717) is 0 Å². The third-order valence-electron chi connectivity index (χ3n) is 6.63. The molecule has 2 aliphatic rings. The number of nitrogens with zero attached hydrogens (tertiary/aromatic N) is 6. The Morgan fingerprint density at radius 3 is 2.57 bits per heavy atom. The number of hydrogen-bond acceptors (Lipinski definition) is 5. The van der Waals surface area contributed by atoms with Crippen molar-refractivity contribution in [2.75, 3.05) is 64.3 Å². The highest BCUT2D eigenvalue weighted by Gasteiger charge is 2.34. The van der Waals surface area contributed by atoms with Crippen LogP contribution in [-0.4, -0.2) is 95.7 Å². The number of benzene rings is 1. The standard InChI is InChI=1S/C23H36N6O/c1-4-6-12-27-18-19(11-13-26-16-14-25(3)15-17-26)28(5-2)22-24-20-9-7-8-10-21(20)29(22)23(27)30/h7-10,19H,4-6,11-18H2,1-3H3. The third kappa shape index (κ3) is 4.18. The zero-order valence-electron chi connectivity index (χ0n) is 18.8. The van der Waals surface area contributed by atoms with Gasteiger partial charge < -0.3 is 19.6 Å². The lowest BCUT2D eigenvalue weighted by Crippen LogP contribution is -2.48. The van der Waals surface area contributed by atoms with Crippen molar-refractivity contribution in [3.05, 3.63) is 24.3 Å². The first-order chi connectivity index (χ1) is 14.6. The largest absolute Gasteiger partial charge is 0.337 e. The van der Waals surface area contributed by atoms with E-state index in [2.05, 4.69) is 40.5 Å². The summed E-state index contributed by atoms with van der Waals surface area (Å²) in [5.41, 5.74) is 1.81. The Kier molecular flexibility index (Phi) is 6.58. The van der Waals surface area contributed by atoms with Gasteiger partial charge in [-0.25, -0.2) is 14.3 Å². The van der Waals surface area contributed by atoms with Gasteiger partial charge in [0.2, 0.25) is 5.95 Å². The fourth-order valence-corrected chi connectivity index (χ4v) is 4.72. The zero-order chi connectivity index (χ0) is 21.1. The van der Waals surface area contributed by atoms with Crippen molar-refractivity contribution in [3.8, 4) is 0 Å². The molecule has 1 atom stereocenters. The predicted molar refractivity (Wildman–Crippen MR) is 122 cm³/mol. The summed E-state index contributed by atoms with van der Waals surface area (Å²) >= 11 is 0.